The minimum absolute atomic E-state index is 0.230. The Hall–Kier alpha value is -0.470. The van der Waals surface area contributed by atoms with Crippen LogP contribution in [0.2, 0.25) is 0 Å². The van der Waals surface area contributed by atoms with Gasteiger partial charge in [0.25, 0.3) is 0 Å². The van der Waals surface area contributed by atoms with Gasteiger partial charge >= 0.3 is 0 Å². The summed E-state index contributed by atoms with van der Waals surface area (Å²) in [5.74, 6) is 1.96. The molecule has 15 heavy (non-hydrogen) atoms. The maximum atomic E-state index is 10.7. The molecule has 1 unspecified atom stereocenters. The van der Waals surface area contributed by atoms with E-state index in [1.807, 2.05) is 42.1 Å². The fourth-order valence-corrected chi connectivity index (χ4v) is 3.69. The summed E-state index contributed by atoms with van der Waals surface area (Å²) in [6.07, 6.45) is 0.858. The average Bonchev–Trinajstić information content (AvgIpc) is 2.17. The molecule has 1 nitrogen and oxygen atoms in total. The predicted molar refractivity (Wildman–Crippen MR) is 66.1 cm³/mol. The molecule has 1 atom stereocenters. The van der Waals surface area contributed by atoms with Gasteiger partial charge < -0.3 is 5.11 Å². The van der Waals surface area contributed by atoms with Gasteiger partial charge in [-0.3, -0.25) is 0 Å². The molecule has 2 heteroatoms. The average molecular weight is 222 g/mol. The predicted octanol–water partition coefficient (Wildman–Crippen LogP) is 3.04. The first-order valence-electron chi connectivity index (χ1n) is 5.38. The van der Waals surface area contributed by atoms with E-state index in [1.165, 1.54) is 0 Å². The number of hydrogen-bond donors (Lipinski definition) is 1. The van der Waals surface area contributed by atoms with E-state index in [9.17, 15) is 5.11 Å². The maximum Gasteiger partial charge on any atom is 0.0991 e. The molecule has 1 aliphatic rings. The quantitative estimate of drug-likeness (QED) is 0.788. The van der Waals surface area contributed by atoms with Crippen molar-refractivity contribution in [2.24, 2.45) is 5.41 Å². The largest absolute Gasteiger partial charge is 0.384 e. The van der Waals surface area contributed by atoms with Crippen LogP contribution in [-0.4, -0.2) is 16.6 Å². The SMILES string of the molecule is CC1(C)CSCC(O)(c2ccccc2)C1. The summed E-state index contributed by atoms with van der Waals surface area (Å²) in [4.78, 5) is 0. The highest BCUT2D eigenvalue weighted by Gasteiger charge is 2.39. The lowest BCUT2D eigenvalue weighted by molar-refractivity contribution is 0.0156. The summed E-state index contributed by atoms with van der Waals surface area (Å²) in [6, 6.07) is 10.1. The first kappa shape index (κ1) is 11.0. The standard InChI is InChI=1S/C13H18OS/c1-12(2)8-13(14,10-15-9-12)11-6-4-3-5-7-11/h3-7,14H,8-10H2,1-2H3. The molecule has 0 radical (unpaired) electrons. The third-order valence-electron chi connectivity index (χ3n) is 2.92. The van der Waals surface area contributed by atoms with E-state index < -0.39 is 5.60 Å². The Morgan fingerprint density at radius 3 is 2.40 bits per heavy atom. The lowest BCUT2D eigenvalue weighted by Crippen LogP contribution is -2.40. The van der Waals surface area contributed by atoms with E-state index in [-0.39, 0.29) is 5.41 Å². The van der Waals surface area contributed by atoms with Gasteiger partial charge in [0.2, 0.25) is 0 Å². The molecule has 1 fully saturated rings. The van der Waals surface area contributed by atoms with Crippen LogP contribution in [0.5, 0.6) is 0 Å². The van der Waals surface area contributed by atoms with Gasteiger partial charge in [-0.15, -0.1) is 0 Å². The Morgan fingerprint density at radius 1 is 1.13 bits per heavy atom. The van der Waals surface area contributed by atoms with Crippen molar-refractivity contribution in [3.05, 3.63) is 35.9 Å². The van der Waals surface area contributed by atoms with Crippen molar-refractivity contribution in [1.82, 2.24) is 0 Å². The molecule has 0 amide bonds. The van der Waals surface area contributed by atoms with E-state index in [4.69, 9.17) is 0 Å². The Kier molecular flexibility index (Phi) is 2.82. The molecule has 1 heterocycles. The molecule has 1 N–H and O–H groups in total. The molecule has 82 valence electrons. The van der Waals surface area contributed by atoms with Crippen LogP contribution in [0.15, 0.2) is 30.3 Å². The van der Waals surface area contributed by atoms with Crippen molar-refractivity contribution >= 4 is 11.8 Å². The van der Waals surface area contributed by atoms with Crippen molar-refractivity contribution in [2.75, 3.05) is 11.5 Å². The monoisotopic (exact) mass is 222 g/mol. The molecule has 0 spiro atoms. The zero-order valence-electron chi connectivity index (χ0n) is 9.36. The first-order valence-corrected chi connectivity index (χ1v) is 6.53. The van der Waals surface area contributed by atoms with Gasteiger partial charge in [-0.2, -0.15) is 11.8 Å². The third kappa shape index (κ3) is 2.37. The van der Waals surface area contributed by atoms with Crippen LogP contribution < -0.4 is 0 Å². The molecular weight excluding hydrogens is 204 g/mol. The van der Waals surface area contributed by atoms with Crippen LogP contribution >= 0.6 is 11.8 Å². The summed E-state index contributed by atoms with van der Waals surface area (Å²) >= 11 is 1.85. The van der Waals surface area contributed by atoms with Crippen molar-refractivity contribution in [1.29, 1.82) is 0 Å². The number of thioether (sulfide) groups is 1. The molecule has 1 aromatic rings. The fraction of sp³-hybridized carbons (Fsp3) is 0.538. The number of rotatable bonds is 1. The fourth-order valence-electron chi connectivity index (χ4n) is 2.32. The molecular formula is C13H18OS. The van der Waals surface area contributed by atoms with E-state index in [0.29, 0.717) is 0 Å². The lowest BCUT2D eigenvalue weighted by atomic mass is 9.78. The maximum absolute atomic E-state index is 10.7. The first-order chi connectivity index (χ1) is 7.02. The minimum Gasteiger partial charge on any atom is -0.384 e. The second-order valence-electron chi connectivity index (χ2n) is 5.23. The van der Waals surface area contributed by atoms with Gasteiger partial charge in [-0.25, -0.2) is 0 Å². The van der Waals surface area contributed by atoms with Crippen LogP contribution in [0, 0.1) is 5.41 Å². The highest BCUT2D eigenvalue weighted by atomic mass is 32.2. The van der Waals surface area contributed by atoms with Gasteiger partial charge in [0.05, 0.1) is 5.60 Å². The van der Waals surface area contributed by atoms with E-state index in [2.05, 4.69) is 13.8 Å². The molecule has 0 aliphatic carbocycles. The molecule has 0 bridgehead atoms. The van der Waals surface area contributed by atoms with Crippen LogP contribution in [0.4, 0.5) is 0 Å². The van der Waals surface area contributed by atoms with Gasteiger partial charge in [-0.1, -0.05) is 44.2 Å². The Bertz CT molecular complexity index is 334. The van der Waals surface area contributed by atoms with Crippen molar-refractivity contribution in [3.63, 3.8) is 0 Å². The van der Waals surface area contributed by atoms with Gasteiger partial charge in [0.15, 0.2) is 0 Å². The molecule has 1 aliphatic heterocycles. The summed E-state index contributed by atoms with van der Waals surface area (Å²) in [6.45, 7) is 4.46. The second kappa shape index (κ2) is 3.84. The topological polar surface area (TPSA) is 20.2 Å². The number of hydrogen-bond acceptors (Lipinski definition) is 2. The lowest BCUT2D eigenvalue weighted by Gasteiger charge is -2.41. The second-order valence-corrected chi connectivity index (χ2v) is 6.22. The molecule has 1 saturated heterocycles. The minimum atomic E-state index is -0.631. The molecule has 0 aromatic heterocycles. The van der Waals surface area contributed by atoms with Crippen LogP contribution in [0.25, 0.3) is 0 Å². The van der Waals surface area contributed by atoms with Gasteiger partial charge in [0, 0.05) is 5.75 Å². The summed E-state index contributed by atoms with van der Waals surface area (Å²) in [5, 5.41) is 10.7. The van der Waals surface area contributed by atoms with Gasteiger partial charge in [-0.05, 0) is 23.2 Å². The van der Waals surface area contributed by atoms with Crippen molar-refractivity contribution in [2.45, 2.75) is 25.9 Å². The smallest absolute Gasteiger partial charge is 0.0991 e. The van der Waals surface area contributed by atoms with Crippen LogP contribution in [-0.2, 0) is 5.60 Å². The molecule has 0 saturated carbocycles. The third-order valence-corrected chi connectivity index (χ3v) is 4.58. The Labute approximate surface area is 95.9 Å². The number of benzene rings is 1. The number of aliphatic hydroxyl groups is 1. The normalized spacial score (nSPS) is 30.1. The zero-order chi connectivity index (χ0) is 10.9. The highest BCUT2D eigenvalue weighted by Crippen LogP contribution is 2.44. The van der Waals surface area contributed by atoms with Gasteiger partial charge in [0.1, 0.15) is 0 Å². The van der Waals surface area contributed by atoms with Crippen molar-refractivity contribution < 1.29 is 5.11 Å². The Balaban J connectivity index is 2.27. The summed E-state index contributed by atoms with van der Waals surface area (Å²) < 4.78 is 0. The molecule has 2 rings (SSSR count). The van der Waals surface area contributed by atoms with E-state index in [0.717, 1.165) is 23.5 Å². The van der Waals surface area contributed by atoms with Crippen molar-refractivity contribution in [3.8, 4) is 0 Å². The zero-order valence-corrected chi connectivity index (χ0v) is 10.2. The Morgan fingerprint density at radius 2 is 1.80 bits per heavy atom. The van der Waals surface area contributed by atoms with E-state index >= 15 is 0 Å². The highest BCUT2D eigenvalue weighted by molar-refractivity contribution is 7.99. The van der Waals surface area contributed by atoms with Crippen LogP contribution in [0.3, 0.4) is 0 Å². The van der Waals surface area contributed by atoms with Crippen LogP contribution in [0.1, 0.15) is 25.8 Å². The summed E-state index contributed by atoms with van der Waals surface area (Å²) in [5.41, 5.74) is 0.659. The summed E-state index contributed by atoms with van der Waals surface area (Å²) in [7, 11) is 0. The molecule has 1 aromatic carbocycles. The van der Waals surface area contributed by atoms with E-state index in [1.54, 1.807) is 0 Å².